The van der Waals surface area contributed by atoms with Crippen molar-refractivity contribution in [1.29, 1.82) is 0 Å². The highest BCUT2D eigenvalue weighted by molar-refractivity contribution is 5.75. The zero-order valence-corrected chi connectivity index (χ0v) is 10.3. The number of rotatable bonds is 5. The summed E-state index contributed by atoms with van der Waals surface area (Å²) in [5.74, 6) is -0.903. The Balaban J connectivity index is 2.34. The molecule has 1 aliphatic carbocycles. The highest BCUT2D eigenvalue weighted by atomic mass is 16.5. The van der Waals surface area contributed by atoms with Gasteiger partial charge in [-0.2, -0.15) is 0 Å². The maximum absolute atomic E-state index is 11.7. The van der Waals surface area contributed by atoms with Crippen LogP contribution in [0, 0.1) is 0 Å². The Morgan fingerprint density at radius 1 is 1.47 bits per heavy atom. The van der Waals surface area contributed by atoms with E-state index in [1.807, 2.05) is 0 Å². The Morgan fingerprint density at radius 3 is 2.76 bits per heavy atom. The molecule has 1 saturated carbocycles. The predicted molar refractivity (Wildman–Crippen MR) is 61.9 cm³/mol. The first kappa shape index (κ1) is 13.8. The summed E-state index contributed by atoms with van der Waals surface area (Å²) in [7, 11) is 3.23. The van der Waals surface area contributed by atoms with E-state index in [1.165, 1.54) is 4.90 Å². The van der Waals surface area contributed by atoms with Crippen molar-refractivity contribution >= 4 is 12.0 Å². The predicted octanol–water partition coefficient (Wildman–Crippen LogP) is 0.670. The van der Waals surface area contributed by atoms with Gasteiger partial charge < -0.3 is 20.1 Å². The summed E-state index contributed by atoms with van der Waals surface area (Å²) in [5.41, 5.74) is 0. The zero-order valence-electron chi connectivity index (χ0n) is 10.3. The molecule has 0 heterocycles. The molecular formula is C11H20N2O4. The minimum atomic E-state index is -0.903. The van der Waals surface area contributed by atoms with Crippen LogP contribution >= 0.6 is 0 Å². The lowest BCUT2D eigenvalue weighted by Gasteiger charge is -2.23. The minimum Gasteiger partial charge on any atom is -0.481 e. The Bertz CT molecular complexity index is 283. The number of carboxylic acid groups (broad SMARTS) is 1. The van der Waals surface area contributed by atoms with Crippen LogP contribution in [0.15, 0.2) is 0 Å². The topological polar surface area (TPSA) is 78.9 Å². The van der Waals surface area contributed by atoms with E-state index >= 15 is 0 Å². The fraction of sp³-hybridized carbons (Fsp3) is 0.818. The van der Waals surface area contributed by atoms with Crippen LogP contribution in [-0.4, -0.2) is 54.9 Å². The lowest BCUT2D eigenvalue weighted by atomic mass is 10.2. The molecule has 2 amide bonds. The molecule has 0 aromatic rings. The van der Waals surface area contributed by atoms with Crippen LogP contribution in [0.5, 0.6) is 0 Å². The molecule has 1 fully saturated rings. The molecule has 0 spiro atoms. The molecule has 1 aliphatic rings. The summed E-state index contributed by atoms with van der Waals surface area (Å²) in [6.07, 6.45) is 2.95. The highest BCUT2D eigenvalue weighted by Gasteiger charge is 2.29. The molecule has 0 aliphatic heterocycles. The summed E-state index contributed by atoms with van der Waals surface area (Å²) in [5, 5.41) is 11.4. The van der Waals surface area contributed by atoms with Crippen LogP contribution in [0.4, 0.5) is 4.79 Å². The summed E-state index contributed by atoms with van der Waals surface area (Å²) in [4.78, 5) is 23.5. The van der Waals surface area contributed by atoms with Crippen LogP contribution in [0.25, 0.3) is 0 Å². The van der Waals surface area contributed by atoms with E-state index in [9.17, 15) is 9.59 Å². The SMILES string of the molecule is CO[C@@H]1CCC[C@H]1NC(=O)N(C)CCC(=O)O. The molecule has 2 N–H and O–H groups in total. The Labute approximate surface area is 101 Å². The van der Waals surface area contributed by atoms with Gasteiger partial charge in [0, 0.05) is 20.7 Å². The number of carboxylic acids is 1. The van der Waals surface area contributed by atoms with E-state index in [4.69, 9.17) is 9.84 Å². The second-order valence-electron chi connectivity index (χ2n) is 4.33. The van der Waals surface area contributed by atoms with E-state index in [0.29, 0.717) is 0 Å². The maximum Gasteiger partial charge on any atom is 0.317 e. The molecule has 1 rings (SSSR count). The molecular weight excluding hydrogens is 224 g/mol. The second kappa shape index (κ2) is 6.44. The molecule has 0 bridgehead atoms. The van der Waals surface area contributed by atoms with Crippen molar-refractivity contribution < 1.29 is 19.4 Å². The van der Waals surface area contributed by atoms with Crippen molar-refractivity contribution in [2.45, 2.75) is 37.8 Å². The van der Waals surface area contributed by atoms with E-state index in [-0.39, 0.29) is 31.1 Å². The van der Waals surface area contributed by atoms with Gasteiger partial charge in [-0.25, -0.2) is 4.79 Å². The maximum atomic E-state index is 11.7. The molecule has 0 radical (unpaired) electrons. The van der Waals surface area contributed by atoms with Crippen LogP contribution in [0.2, 0.25) is 0 Å². The third kappa shape index (κ3) is 4.22. The van der Waals surface area contributed by atoms with E-state index in [2.05, 4.69) is 5.32 Å². The summed E-state index contributed by atoms with van der Waals surface area (Å²) in [6.45, 7) is 0.214. The van der Waals surface area contributed by atoms with Gasteiger partial charge in [-0.3, -0.25) is 4.79 Å². The summed E-state index contributed by atoms with van der Waals surface area (Å²) in [6, 6.07) is -0.194. The normalized spacial score (nSPS) is 23.4. The molecule has 6 heteroatoms. The van der Waals surface area contributed by atoms with Crippen molar-refractivity contribution in [3.05, 3.63) is 0 Å². The molecule has 98 valence electrons. The first-order chi connectivity index (χ1) is 8.04. The molecule has 0 aromatic heterocycles. The van der Waals surface area contributed by atoms with Crippen molar-refractivity contribution in [3.8, 4) is 0 Å². The van der Waals surface area contributed by atoms with Gasteiger partial charge in [-0.05, 0) is 19.3 Å². The van der Waals surface area contributed by atoms with Crippen LogP contribution < -0.4 is 5.32 Å². The Morgan fingerprint density at radius 2 is 2.18 bits per heavy atom. The number of aliphatic carboxylic acids is 1. The molecule has 2 atom stereocenters. The largest absolute Gasteiger partial charge is 0.481 e. The lowest BCUT2D eigenvalue weighted by Crippen LogP contribution is -2.47. The van der Waals surface area contributed by atoms with Gasteiger partial charge in [0.25, 0.3) is 0 Å². The molecule has 0 saturated heterocycles. The number of carbonyl (C=O) groups is 2. The van der Waals surface area contributed by atoms with Gasteiger partial charge in [0.2, 0.25) is 0 Å². The number of hydrogen-bond acceptors (Lipinski definition) is 3. The lowest BCUT2D eigenvalue weighted by molar-refractivity contribution is -0.137. The third-order valence-corrected chi connectivity index (χ3v) is 3.07. The highest BCUT2D eigenvalue weighted by Crippen LogP contribution is 2.21. The van der Waals surface area contributed by atoms with Crippen LogP contribution in [-0.2, 0) is 9.53 Å². The second-order valence-corrected chi connectivity index (χ2v) is 4.33. The van der Waals surface area contributed by atoms with Gasteiger partial charge in [0.05, 0.1) is 18.6 Å². The van der Waals surface area contributed by atoms with E-state index < -0.39 is 5.97 Å². The van der Waals surface area contributed by atoms with Gasteiger partial charge in [0.15, 0.2) is 0 Å². The zero-order chi connectivity index (χ0) is 12.8. The van der Waals surface area contributed by atoms with Crippen LogP contribution in [0.3, 0.4) is 0 Å². The van der Waals surface area contributed by atoms with Crippen molar-refractivity contribution in [1.82, 2.24) is 10.2 Å². The number of nitrogens with zero attached hydrogens (tertiary/aromatic N) is 1. The van der Waals surface area contributed by atoms with Crippen LogP contribution in [0.1, 0.15) is 25.7 Å². The quantitative estimate of drug-likeness (QED) is 0.745. The molecule has 6 nitrogen and oxygen atoms in total. The smallest absolute Gasteiger partial charge is 0.317 e. The average Bonchev–Trinajstić information content (AvgIpc) is 2.72. The van der Waals surface area contributed by atoms with Crippen molar-refractivity contribution in [2.24, 2.45) is 0 Å². The fourth-order valence-corrected chi connectivity index (χ4v) is 2.01. The summed E-state index contributed by atoms with van der Waals surface area (Å²) >= 11 is 0. The number of carbonyl (C=O) groups excluding carboxylic acids is 1. The number of ether oxygens (including phenoxy) is 1. The average molecular weight is 244 g/mol. The first-order valence-electron chi connectivity index (χ1n) is 5.80. The summed E-state index contributed by atoms with van der Waals surface area (Å²) < 4.78 is 5.28. The fourth-order valence-electron chi connectivity index (χ4n) is 2.01. The number of hydrogen-bond donors (Lipinski definition) is 2. The monoisotopic (exact) mass is 244 g/mol. The number of amides is 2. The number of nitrogens with one attached hydrogen (secondary N) is 1. The first-order valence-corrected chi connectivity index (χ1v) is 5.80. The van der Waals surface area contributed by atoms with Crippen molar-refractivity contribution in [3.63, 3.8) is 0 Å². The number of methoxy groups -OCH3 is 1. The standard InChI is InChI=1S/C11H20N2O4/c1-13(7-6-10(14)15)11(16)12-8-4-3-5-9(8)17-2/h8-9H,3-7H2,1-2H3,(H,12,16)(H,14,15)/t8-,9-/m1/s1. The van der Waals surface area contributed by atoms with Gasteiger partial charge in [-0.15, -0.1) is 0 Å². The van der Waals surface area contributed by atoms with Gasteiger partial charge in [0.1, 0.15) is 0 Å². The number of urea groups is 1. The van der Waals surface area contributed by atoms with E-state index in [1.54, 1.807) is 14.2 Å². The van der Waals surface area contributed by atoms with Gasteiger partial charge >= 0.3 is 12.0 Å². The van der Waals surface area contributed by atoms with E-state index in [0.717, 1.165) is 19.3 Å². The van der Waals surface area contributed by atoms with Gasteiger partial charge in [-0.1, -0.05) is 0 Å². The third-order valence-electron chi connectivity index (χ3n) is 3.07. The van der Waals surface area contributed by atoms with Crippen molar-refractivity contribution in [2.75, 3.05) is 20.7 Å². The minimum absolute atomic E-state index is 0.0394. The molecule has 0 aromatic carbocycles. The Kier molecular flexibility index (Phi) is 5.21. The molecule has 0 unspecified atom stereocenters. The molecule has 17 heavy (non-hydrogen) atoms. The Hall–Kier alpha value is -1.30.